The summed E-state index contributed by atoms with van der Waals surface area (Å²) in [5.41, 5.74) is 2.00. The minimum Gasteiger partial charge on any atom is -0.452 e. The SMILES string of the molecule is O=[C]OCc1ccc(N2CCC3(CCOO3)C2)cc1. The molecule has 1 aromatic carbocycles. The standard InChI is InChI=1S/C14H16NO4/c16-11-17-9-12-1-3-13(4-2-12)15-7-5-14(10-15)6-8-18-19-14/h1-4H,5-10H2. The highest BCUT2D eigenvalue weighted by Gasteiger charge is 2.43. The van der Waals surface area contributed by atoms with Crippen molar-refractivity contribution in [3.63, 3.8) is 0 Å². The molecular weight excluding hydrogens is 246 g/mol. The van der Waals surface area contributed by atoms with Gasteiger partial charge in [-0.1, -0.05) is 12.1 Å². The molecule has 0 saturated carbocycles. The molecule has 0 amide bonds. The third-order valence-electron chi connectivity index (χ3n) is 3.79. The van der Waals surface area contributed by atoms with E-state index in [0.717, 1.165) is 37.2 Å². The lowest BCUT2D eigenvalue weighted by atomic mass is 10.0. The zero-order valence-electron chi connectivity index (χ0n) is 10.6. The van der Waals surface area contributed by atoms with E-state index >= 15 is 0 Å². The molecule has 101 valence electrons. The number of hydrogen-bond acceptors (Lipinski definition) is 5. The van der Waals surface area contributed by atoms with Crippen molar-refractivity contribution in [1.82, 2.24) is 0 Å². The van der Waals surface area contributed by atoms with Crippen LogP contribution in [0.25, 0.3) is 0 Å². The van der Waals surface area contributed by atoms with E-state index < -0.39 is 0 Å². The minimum atomic E-state index is -0.117. The van der Waals surface area contributed by atoms with Crippen LogP contribution in [0.5, 0.6) is 0 Å². The normalized spacial score (nSPS) is 26.0. The topological polar surface area (TPSA) is 48.0 Å². The zero-order valence-corrected chi connectivity index (χ0v) is 10.6. The van der Waals surface area contributed by atoms with Gasteiger partial charge in [0.05, 0.1) is 13.2 Å². The molecule has 3 rings (SSSR count). The Balaban J connectivity index is 1.64. The predicted octanol–water partition coefficient (Wildman–Crippen LogP) is 1.57. The van der Waals surface area contributed by atoms with Gasteiger partial charge >= 0.3 is 6.47 Å². The van der Waals surface area contributed by atoms with Crippen LogP contribution < -0.4 is 4.90 Å². The molecule has 2 aliphatic heterocycles. The summed E-state index contributed by atoms with van der Waals surface area (Å²) in [4.78, 5) is 22.8. The van der Waals surface area contributed by atoms with Crippen molar-refractivity contribution >= 4 is 12.2 Å². The summed E-state index contributed by atoms with van der Waals surface area (Å²) < 4.78 is 4.61. The molecule has 2 heterocycles. The van der Waals surface area contributed by atoms with E-state index in [4.69, 9.17) is 9.78 Å². The van der Waals surface area contributed by atoms with Crippen LogP contribution >= 0.6 is 0 Å². The van der Waals surface area contributed by atoms with Gasteiger partial charge in [-0.2, -0.15) is 0 Å². The Morgan fingerprint density at radius 1 is 1.32 bits per heavy atom. The molecule has 1 radical (unpaired) electrons. The highest BCUT2D eigenvalue weighted by molar-refractivity contribution is 5.49. The van der Waals surface area contributed by atoms with Gasteiger partial charge in [-0.15, -0.1) is 0 Å². The van der Waals surface area contributed by atoms with Crippen LogP contribution in [-0.4, -0.2) is 31.8 Å². The van der Waals surface area contributed by atoms with E-state index in [1.165, 1.54) is 6.47 Å². The molecule has 2 fully saturated rings. The molecule has 2 saturated heterocycles. The first kappa shape index (κ1) is 12.4. The van der Waals surface area contributed by atoms with E-state index in [2.05, 4.69) is 9.64 Å². The van der Waals surface area contributed by atoms with Crippen molar-refractivity contribution in [3.8, 4) is 0 Å². The van der Waals surface area contributed by atoms with Crippen LogP contribution in [0.3, 0.4) is 0 Å². The van der Waals surface area contributed by atoms with Gasteiger partial charge in [0.2, 0.25) is 0 Å². The molecule has 5 heteroatoms. The number of benzene rings is 1. The number of ether oxygens (including phenoxy) is 1. The van der Waals surface area contributed by atoms with Gasteiger partial charge in [-0.3, -0.25) is 0 Å². The molecule has 0 aliphatic carbocycles. The third kappa shape index (κ3) is 2.57. The quantitative estimate of drug-likeness (QED) is 0.771. The number of anilines is 1. The Morgan fingerprint density at radius 2 is 2.16 bits per heavy atom. The summed E-state index contributed by atoms with van der Waals surface area (Å²) in [6.45, 7) is 4.22. The zero-order chi connectivity index (χ0) is 13.1. The van der Waals surface area contributed by atoms with Crippen molar-refractivity contribution in [2.75, 3.05) is 24.6 Å². The van der Waals surface area contributed by atoms with Gasteiger partial charge in [-0.25, -0.2) is 14.6 Å². The smallest absolute Gasteiger partial charge is 0.417 e. The molecule has 1 spiro atoms. The molecule has 1 atom stereocenters. The van der Waals surface area contributed by atoms with Crippen molar-refractivity contribution in [1.29, 1.82) is 0 Å². The summed E-state index contributed by atoms with van der Waals surface area (Å²) in [6.07, 6.45) is 1.96. The Morgan fingerprint density at radius 3 is 2.84 bits per heavy atom. The Labute approximate surface area is 112 Å². The molecule has 1 unspecified atom stereocenters. The molecule has 0 bridgehead atoms. The second-order valence-electron chi connectivity index (χ2n) is 5.05. The molecule has 19 heavy (non-hydrogen) atoms. The Bertz CT molecular complexity index is 439. The van der Waals surface area contributed by atoms with E-state index in [9.17, 15) is 4.79 Å². The van der Waals surface area contributed by atoms with E-state index in [-0.39, 0.29) is 12.2 Å². The largest absolute Gasteiger partial charge is 0.452 e. The van der Waals surface area contributed by atoms with Crippen molar-refractivity contribution in [2.45, 2.75) is 25.0 Å². The highest BCUT2D eigenvalue weighted by atomic mass is 17.2. The van der Waals surface area contributed by atoms with Crippen LogP contribution in [0.1, 0.15) is 18.4 Å². The lowest BCUT2D eigenvalue weighted by Crippen LogP contribution is -2.32. The van der Waals surface area contributed by atoms with Gasteiger partial charge in [0.15, 0.2) is 0 Å². The average Bonchev–Trinajstić information content (AvgIpc) is 3.08. The van der Waals surface area contributed by atoms with Crippen molar-refractivity contribution in [3.05, 3.63) is 29.8 Å². The van der Waals surface area contributed by atoms with Crippen LogP contribution in [0, 0.1) is 0 Å². The van der Waals surface area contributed by atoms with Crippen LogP contribution in [0.4, 0.5) is 5.69 Å². The molecular formula is C14H16NO4. The fourth-order valence-electron chi connectivity index (χ4n) is 2.69. The molecule has 0 aromatic heterocycles. The van der Waals surface area contributed by atoms with Gasteiger partial charge < -0.3 is 9.64 Å². The number of nitrogens with zero attached hydrogens (tertiary/aromatic N) is 1. The van der Waals surface area contributed by atoms with Crippen LogP contribution in [0.2, 0.25) is 0 Å². The van der Waals surface area contributed by atoms with Gasteiger partial charge in [0.1, 0.15) is 12.2 Å². The summed E-state index contributed by atoms with van der Waals surface area (Å²) in [5.74, 6) is 0. The predicted molar refractivity (Wildman–Crippen MR) is 68.1 cm³/mol. The molecule has 0 N–H and O–H groups in total. The summed E-state index contributed by atoms with van der Waals surface area (Å²) in [5, 5.41) is 0. The summed E-state index contributed by atoms with van der Waals surface area (Å²) in [7, 11) is 0. The monoisotopic (exact) mass is 262 g/mol. The Kier molecular flexibility index (Phi) is 3.40. The van der Waals surface area contributed by atoms with Gasteiger partial charge in [-0.05, 0) is 24.1 Å². The average molecular weight is 262 g/mol. The maximum Gasteiger partial charge on any atom is 0.417 e. The maximum atomic E-state index is 10.0. The van der Waals surface area contributed by atoms with E-state index in [1.807, 2.05) is 24.3 Å². The lowest BCUT2D eigenvalue weighted by Gasteiger charge is -2.22. The molecule has 5 nitrogen and oxygen atoms in total. The molecule has 2 aliphatic rings. The van der Waals surface area contributed by atoms with Crippen molar-refractivity contribution < 1.29 is 19.3 Å². The van der Waals surface area contributed by atoms with E-state index in [1.54, 1.807) is 0 Å². The van der Waals surface area contributed by atoms with E-state index in [0.29, 0.717) is 6.61 Å². The van der Waals surface area contributed by atoms with Gasteiger partial charge in [0.25, 0.3) is 0 Å². The summed E-state index contributed by atoms with van der Waals surface area (Å²) in [6, 6.07) is 8.00. The number of rotatable bonds is 4. The first-order valence-electron chi connectivity index (χ1n) is 6.45. The first-order valence-corrected chi connectivity index (χ1v) is 6.45. The lowest BCUT2D eigenvalue weighted by molar-refractivity contribution is -0.303. The fraction of sp³-hybridized carbons (Fsp3) is 0.500. The summed E-state index contributed by atoms with van der Waals surface area (Å²) >= 11 is 0. The first-order chi connectivity index (χ1) is 9.31. The molecule has 1 aromatic rings. The Hall–Kier alpha value is -1.59. The minimum absolute atomic E-state index is 0.117. The highest BCUT2D eigenvalue weighted by Crippen LogP contribution is 2.35. The number of carbonyl (C=O) groups excluding carboxylic acids is 1. The maximum absolute atomic E-state index is 10.0. The van der Waals surface area contributed by atoms with Crippen molar-refractivity contribution in [2.24, 2.45) is 0 Å². The van der Waals surface area contributed by atoms with Crippen LogP contribution in [-0.2, 0) is 25.9 Å². The second-order valence-corrected chi connectivity index (χ2v) is 5.05. The second kappa shape index (κ2) is 5.19. The third-order valence-corrected chi connectivity index (χ3v) is 3.79. The van der Waals surface area contributed by atoms with Crippen LogP contribution in [0.15, 0.2) is 24.3 Å². The van der Waals surface area contributed by atoms with Gasteiger partial charge in [0, 0.05) is 18.7 Å². The number of hydrogen-bond donors (Lipinski definition) is 0. The fourth-order valence-corrected chi connectivity index (χ4v) is 2.69.